The van der Waals surface area contributed by atoms with Crippen molar-refractivity contribution in [1.29, 1.82) is 0 Å². The number of amides is 1. The molecule has 0 bridgehead atoms. The molecule has 5 nitrogen and oxygen atoms in total. The fourth-order valence-electron chi connectivity index (χ4n) is 5.20. The molecule has 0 unspecified atom stereocenters. The van der Waals surface area contributed by atoms with Crippen LogP contribution in [0.3, 0.4) is 0 Å². The highest BCUT2D eigenvalue weighted by Crippen LogP contribution is 2.39. The van der Waals surface area contributed by atoms with Crippen LogP contribution in [0.4, 0.5) is 15.8 Å². The molecule has 5 rings (SSSR count). The van der Waals surface area contributed by atoms with Gasteiger partial charge in [-0.2, -0.15) is 0 Å². The summed E-state index contributed by atoms with van der Waals surface area (Å²) in [5.74, 6) is 0.509. The van der Waals surface area contributed by atoms with Crippen LogP contribution in [0.2, 0.25) is 0 Å². The van der Waals surface area contributed by atoms with Crippen molar-refractivity contribution in [3.63, 3.8) is 0 Å². The molecule has 0 saturated carbocycles. The smallest absolute Gasteiger partial charge is 0.225 e. The Bertz CT molecular complexity index is 1140. The molecular formula is C28H30FN3O2. The van der Waals surface area contributed by atoms with Crippen LogP contribution in [0.5, 0.6) is 5.75 Å². The number of ether oxygens (including phenoxy) is 1. The Morgan fingerprint density at radius 1 is 1.06 bits per heavy atom. The maximum atomic E-state index is 13.5. The van der Waals surface area contributed by atoms with E-state index in [9.17, 15) is 9.18 Å². The highest BCUT2D eigenvalue weighted by Gasteiger charge is 2.41. The Labute approximate surface area is 200 Å². The van der Waals surface area contributed by atoms with Gasteiger partial charge in [-0.3, -0.25) is 4.79 Å². The Balaban J connectivity index is 1.37. The van der Waals surface area contributed by atoms with E-state index in [4.69, 9.17) is 4.74 Å². The van der Waals surface area contributed by atoms with Crippen molar-refractivity contribution >= 4 is 17.3 Å². The lowest BCUT2D eigenvalue weighted by molar-refractivity contribution is -0.125. The van der Waals surface area contributed by atoms with Gasteiger partial charge < -0.3 is 19.9 Å². The normalized spacial score (nSPS) is 19.2. The minimum absolute atomic E-state index is 0.0233. The molecule has 2 aliphatic heterocycles. The minimum Gasteiger partial charge on any atom is -0.497 e. The number of hydrogen-bond acceptors (Lipinski definition) is 4. The number of fused-ring (bicyclic) bond motifs is 3. The average molecular weight is 460 g/mol. The lowest BCUT2D eigenvalue weighted by Crippen LogP contribution is -2.61. The second-order valence-corrected chi connectivity index (χ2v) is 9.02. The molecule has 0 aliphatic carbocycles. The third-order valence-electron chi connectivity index (χ3n) is 7.01. The van der Waals surface area contributed by atoms with Gasteiger partial charge in [-0.25, -0.2) is 4.39 Å². The van der Waals surface area contributed by atoms with Crippen LogP contribution < -0.4 is 19.9 Å². The number of methoxy groups -OCH3 is 1. The molecule has 2 atom stereocenters. The van der Waals surface area contributed by atoms with E-state index in [2.05, 4.69) is 39.4 Å². The lowest BCUT2D eigenvalue weighted by Gasteiger charge is -2.49. The summed E-state index contributed by atoms with van der Waals surface area (Å²) in [6, 6.07) is 23.0. The highest BCUT2D eigenvalue weighted by molar-refractivity contribution is 5.82. The van der Waals surface area contributed by atoms with Crippen molar-refractivity contribution in [2.75, 3.05) is 43.1 Å². The molecule has 1 N–H and O–H groups in total. The molecule has 6 heteroatoms. The number of hydrogen-bond donors (Lipinski definition) is 1. The van der Waals surface area contributed by atoms with E-state index in [0.717, 1.165) is 36.6 Å². The first-order valence-corrected chi connectivity index (χ1v) is 11.9. The molecular weight excluding hydrogens is 429 g/mol. The van der Waals surface area contributed by atoms with Gasteiger partial charge in [0, 0.05) is 43.6 Å². The topological polar surface area (TPSA) is 44.8 Å². The number of carbonyl (C=O) groups excluding carboxylic acids is 1. The van der Waals surface area contributed by atoms with Crippen LogP contribution in [0.1, 0.15) is 11.1 Å². The molecule has 1 fully saturated rings. The number of anilines is 2. The zero-order valence-electron chi connectivity index (χ0n) is 19.4. The lowest BCUT2D eigenvalue weighted by atomic mass is 9.83. The van der Waals surface area contributed by atoms with Gasteiger partial charge in [0.1, 0.15) is 11.6 Å². The Morgan fingerprint density at radius 2 is 1.85 bits per heavy atom. The molecule has 1 amide bonds. The molecule has 0 radical (unpaired) electrons. The number of piperazine rings is 1. The quantitative estimate of drug-likeness (QED) is 0.604. The predicted molar refractivity (Wildman–Crippen MR) is 133 cm³/mol. The molecule has 0 aromatic heterocycles. The van der Waals surface area contributed by atoms with Gasteiger partial charge in [-0.05, 0) is 54.3 Å². The Morgan fingerprint density at radius 3 is 2.62 bits per heavy atom. The Kier molecular flexibility index (Phi) is 6.39. The summed E-state index contributed by atoms with van der Waals surface area (Å²) in [7, 11) is 1.68. The number of rotatable bonds is 6. The van der Waals surface area contributed by atoms with Crippen molar-refractivity contribution in [2.24, 2.45) is 5.92 Å². The maximum Gasteiger partial charge on any atom is 0.225 e. The number of nitrogens with one attached hydrogen (secondary N) is 1. The fraction of sp³-hybridized carbons (Fsp3) is 0.321. The summed E-state index contributed by atoms with van der Waals surface area (Å²) < 4.78 is 19.0. The van der Waals surface area contributed by atoms with Gasteiger partial charge >= 0.3 is 0 Å². The first-order chi connectivity index (χ1) is 16.6. The van der Waals surface area contributed by atoms with Gasteiger partial charge in [0.25, 0.3) is 0 Å². The van der Waals surface area contributed by atoms with E-state index < -0.39 is 0 Å². The van der Waals surface area contributed by atoms with E-state index >= 15 is 0 Å². The third kappa shape index (κ3) is 4.58. The van der Waals surface area contributed by atoms with E-state index in [1.54, 1.807) is 7.11 Å². The van der Waals surface area contributed by atoms with E-state index in [1.807, 2.05) is 36.4 Å². The summed E-state index contributed by atoms with van der Waals surface area (Å²) >= 11 is 0. The van der Waals surface area contributed by atoms with Crippen LogP contribution in [0.25, 0.3) is 0 Å². The zero-order valence-corrected chi connectivity index (χ0v) is 19.4. The zero-order chi connectivity index (χ0) is 23.5. The van der Waals surface area contributed by atoms with Crippen molar-refractivity contribution < 1.29 is 13.9 Å². The largest absolute Gasteiger partial charge is 0.497 e. The van der Waals surface area contributed by atoms with Crippen molar-refractivity contribution in [2.45, 2.75) is 18.9 Å². The fourth-order valence-corrected chi connectivity index (χ4v) is 5.20. The van der Waals surface area contributed by atoms with Crippen molar-refractivity contribution in [3.05, 3.63) is 89.7 Å². The first kappa shape index (κ1) is 22.3. The summed E-state index contributed by atoms with van der Waals surface area (Å²) in [6.45, 7) is 2.92. The average Bonchev–Trinajstić information content (AvgIpc) is 2.88. The van der Waals surface area contributed by atoms with E-state index in [0.29, 0.717) is 19.5 Å². The molecule has 2 aliphatic rings. The van der Waals surface area contributed by atoms with E-state index in [1.165, 1.54) is 23.3 Å². The number of halogens is 1. The third-order valence-corrected chi connectivity index (χ3v) is 7.01. The van der Waals surface area contributed by atoms with E-state index in [-0.39, 0.29) is 23.7 Å². The van der Waals surface area contributed by atoms with Gasteiger partial charge in [-0.1, -0.05) is 36.4 Å². The predicted octanol–water partition coefficient (Wildman–Crippen LogP) is 4.06. The van der Waals surface area contributed by atoms with Crippen LogP contribution >= 0.6 is 0 Å². The van der Waals surface area contributed by atoms with Gasteiger partial charge in [0.15, 0.2) is 0 Å². The Hall–Kier alpha value is -3.54. The molecule has 0 spiro atoms. The summed E-state index contributed by atoms with van der Waals surface area (Å²) in [5, 5.41) is 3.19. The number of benzene rings is 3. The summed E-state index contributed by atoms with van der Waals surface area (Å²) in [5.41, 5.74) is 4.53. The molecule has 34 heavy (non-hydrogen) atoms. The standard InChI is InChI=1S/C28H30FN3O2/c1-34-24-12-7-21-17-25(28(33)30-14-13-20-5-3-2-4-6-20)27-19-31(15-16-32(27)26(21)18-24)23-10-8-22(29)9-11-23/h2-12,18,25,27H,13-17,19H2,1H3,(H,30,33)/t25-,27-/m0/s1. The van der Waals surface area contributed by atoms with Crippen molar-refractivity contribution in [3.8, 4) is 5.75 Å². The molecule has 3 aromatic carbocycles. The molecule has 2 heterocycles. The monoisotopic (exact) mass is 459 g/mol. The van der Waals surface area contributed by atoms with Crippen LogP contribution in [0.15, 0.2) is 72.8 Å². The molecule has 3 aromatic rings. The van der Waals surface area contributed by atoms with Gasteiger partial charge in [-0.15, -0.1) is 0 Å². The molecule has 1 saturated heterocycles. The van der Waals surface area contributed by atoms with Crippen molar-refractivity contribution in [1.82, 2.24) is 5.32 Å². The van der Waals surface area contributed by atoms with Crippen LogP contribution in [-0.2, 0) is 17.6 Å². The number of carbonyl (C=O) groups is 1. The van der Waals surface area contributed by atoms with Gasteiger partial charge in [0.05, 0.1) is 19.1 Å². The number of nitrogens with zero attached hydrogens (tertiary/aromatic N) is 2. The minimum atomic E-state index is -0.239. The second-order valence-electron chi connectivity index (χ2n) is 9.02. The van der Waals surface area contributed by atoms with Crippen LogP contribution in [-0.4, -0.2) is 45.2 Å². The molecule has 176 valence electrons. The van der Waals surface area contributed by atoms with Gasteiger partial charge in [0.2, 0.25) is 5.91 Å². The summed E-state index contributed by atoms with van der Waals surface area (Å²) in [4.78, 5) is 18.1. The summed E-state index contributed by atoms with van der Waals surface area (Å²) in [6.07, 6.45) is 1.50. The second kappa shape index (κ2) is 9.75. The SMILES string of the molecule is COc1ccc2c(c1)N1CCN(c3ccc(F)cc3)C[C@H]1[C@@H](C(=O)NCCc1ccccc1)C2. The van der Waals surface area contributed by atoms with Crippen LogP contribution in [0, 0.1) is 11.7 Å². The highest BCUT2D eigenvalue weighted by atomic mass is 19.1. The first-order valence-electron chi connectivity index (χ1n) is 11.9. The maximum absolute atomic E-state index is 13.5.